The van der Waals surface area contributed by atoms with Crippen molar-refractivity contribution in [3.63, 3.8) is 0 Å². The lowest BCUT2D eigenvalue weighted by Crippen LogP contribution is -2.48. The van der Waals surface area contributed by atoms with E-state index >= 15 is 0 Å². The Hall–Kier alpha value is -0.900. The van der Waals surface area contributed by atoms with Gasteiger partial charge in [-0.15, -0.1) is 0 Å². The number of amides is 1. The van der Waals surface area contributed by atoms with Gasteiger partial charge in [0.15, 0.2) is 6.54 Å². The van der Waals surface area contributed by atoms with E-state index in [1.54, 1.807) is 14.1 Å². The highest BCUT2D eigenvalue weighted by molar-refractivity contribution is 5.74. The molecule has 0 heterocycles. The van der Waals surface area contributed by atoms with E-state index in [1.165, 1.54) is 44.9 Å². The first-order chi connectivity index (χ1) is 9.40. The number of unbranched alkanes of at least 4 members (excludes halogenated alkanes) is 8. The van der Waals surface area contributed by atoms with Crippen molar-refractivity contribution in [2.45, 2.75) is 71.1 Å². The van der Waals surface area contributed by atoms with Crippen LogP contribution in [0.3, 0.4) is 0 Å². The van der Waals surface area contributed by atoms with Gasteiger partial charge in [-0.2, -0.15) is 0 Å². The molecule has 4 heteroatoms. The number of carboxylic acid groups (broad SMARTS) is 1. The summed E-state index contributed by atoms with van der Waals surface area (Å²) in [7, 11) is 3.34. The first kappa shape index (κ1) is 19.1. The Morgan fingerprint density at radius 2 is 1.30 bits per heavy atom. The van der Waals surface area contributed by atoms with E-state index in [1.807, 2.05) is 0 Å². The molecule has 0 aliphatic rings. The van der Waals surface area contributed by atoms with Crippen LogP contribution < -0.4 is 0 Å². The average Bonchev–Trinajstić information content (AvgIpc) is 2.35. The van der Waals surface area contributed by atoms with E-state index < -0.39 is 5.97 Å². The molecule has 4 nitrogen and oxygen atoms in total. The highest BCUT2D eigenvalue weighted by atomic mass is 16.4. The summed E-state index contributed by atoms with van der Waals surface area (Å²) in [6.45, 7) is 2.09. The fraction of sp³-hybridized carbons (Fsp3) is 0.875. The summed E-state index contributed by atoms with van der Waals surface area (Å²) in [5.74, 6) is -0.897. The van der Waals surface area contributed by atoms with Crippen molar-refractivity contribution in [3.05, 3.63) is 0 Å². The minimum atomic E-state index is -0.921. The number of quaternary nitrogens is 1. The van der Waals surface area contributed by atoms with Gasteiger partial charge in [0.05, 0.1) is 20.5 Å². The van der Waals surface area contributed by atoms with Crippen LogP contribution in [-0.4, -0.2) is 42.1 Å². The van der Waals surface area contributed by atoms with E-state index in [9.17, 15) is 9.59 Å². The summed E-state index contributed by atoms with van der Waals surface area (Å²) >= 11 is 0. The Morgan fingerprint density at radius 3 is 1.75 bits per heavy atom. The molecular formula is C16H32NO3+. The molecule has 0 bridgehead atoms. The Kier molecular flexibility index (Phi) is 10.3. The van der Waals surface area contributed by atoms with Gasteiger partial charge in [0.25, 0.3) is 0 Å². The van der Waals surface area contributed by atoms with Gasteiger partial charge in [0, 0.05) is 0 Å². The lowest BCUT2D eigenvalue weighted by molar-refractivity contribution is -0.806. The largest absolute Gasteiger partial charge is 0.477 e. The summed E-state index contributed by atoms with van der Waals surface area (Å²) in [5, 5.41) is 8.76. The van der Waals surface area contributed by atoms with Gasteiger partial charge in [-0.1, -0.05) is 58.3 Å². The van der Waals surface area contributed by atoms with Crippen LogP contribution in [0.2, 0.25) is 0 Å². The highest BCUT2D eigenvalue weighted by Gasteiger charge is 2.28. The van der Waals surface area contributed by atoms with Crippen molar-refractivity contribution < 1.29 is 19.2 Å². The number of hydrogen-bond acceptors (Lipinski definition) is 2. The normalized spacial score (nSPS) is 11.6. The highest BCUT2D eigenvalue weighted by Crippen LogP contribution is 2.12. The summed E-state index contributed by atoms with van der Waals surface area (Å²) < 4.78 is -0.0493. The fourth-order valence-corrected chi connectivity index (χ4v) is 2.32. The number of rotatable bonds is 12. The van der Waals surface area contributed by atoms with E-state index in [4.69, 9.17) is 5.11 Å². The molecule has 0 saturated carbocycles. The summed E-state index contributed by atoms with van der Waals surface area (Å²) in [6.07, 6.45) is 11.5. The van der Waals surface area contributed by atoms with Gasteiger partial charge < -0.3 is 5.11 Å². The van der Waals surface area contributed by atoms with Gasteiger partial charge >= 0.3 is 11.9 Å². The Morgan fingerprint density at radius 1 is 0.850 bits per heavy atom. The van der Waals surface area contributed by atoms with E-state index in [-0.39, 0.29) is 16.9 Å². The average molecular weight is 286 g/mol. The molecule has 0 rings (SSSR count). The van der Waals surface area contributed by atoms with Crippen molar-refractivity contribution in [2.75, 3.05) is 20.6 Å². The lowest BCUT2D eigenvalue weighted by Gasteiger charge is -2.24. The smallest absolute Gasteiger partial charge is 0.359 e. The van der Waals surface area contributed by atoms with Gasteiger partial charge in [-0.05, 0) is 6.42 Å². The molecule has 0 aliphatic heterocycles. The quantitative estimate of drug-likeness (QED) is 0.440. The van der Waals surface area contributed by atoms with Crippen LogP contribution in [0.1, 0.15) is 71.1 Å². The second-order valence-corrected chi connectivity index (χ2v) is 6.21. The van der Waals surface area contributed by atoms with E-state index in [2.05, 4.69) is 6.92 Å². The molecule has 0 spiro atoms. The van der Waals surface area contributed by atoms with Gasteiger partial charge in [-0.25, -0.2) is 9.59 Å². The Balaban J connectivity index is 3.55. The first-order valence-electron chi connectivity index (χ1n) is 7.98. The third-order valence-electron chi connectivity index (χ3n) is 3.70. The van der Waals surface area contributed by atoms with Crippen LogP contribution in [0.15, 0.2) is 0 Å². The van der Waals surface area contributed by atoms with Crippen molar-refractivity contribution in [3.8, 4) is 0 Å². The molecule has 0 atom stereocenters. The zero-order valence-corrected chi connectivity index (χ0v) is 13.5. The monoisotopic (exact) mass is 286 g/mol. The van der Waals surface area contributed by atoms with Crippen molar-refractivity contribution in [1.29, 1.82) is 0 Å². The van der Waals surface area contributed by atoms with Crippen molar-refractivity contribution in [1.82, 2.24) is 0 Å². The number of carbonyl (C=O) groups excluding carboxylic acids is 1. The van der Waals surface area contributed by atoms with Gasteiger partial charge in [0.2, 0.25) is 0 Å². The summed E-state index contributed by atoms with van der Waals surface area (Å²) in [5.41, 5.74) is 0. The maximum absolute atomic E-state index is 11.9. The van der Waals surface area contributed by atoms with Crippen molar-refractivity contribution >= 4 is 11.9 Å². The molecule has 1 amide bonds. The third kappa shape index (κ3) is 9.96. The fourth-order valence-electron chi connectivity index (χ4n) is 2.32. The number of carboxylic acids is 1. The standard InChI is InChI=1S/C16H31NO3/c1-4-5-6-7-8-9-10-11-12-13-15(18)17(2,3)14-16(19)20/h4-14H2,1-3H3/p+1. The molecule has 0 fully saturated rings. The second kappa shape index (κ2) is 10.8. The predicted molar refractivity (Wildman–Crippen MR) is 81.5 cm³/mol. The Bertz CT molecular complexity index is 287. The van der Waals surface area contributed by atoms with E-state index in [0.717, 1.165) is 12.8 Å². The maximum Gasteiger partial charge on any atom is 0.359 e. The van der Waals surface area contributed by atoms with Gasteiger partial charge in [-0.3, -0.25) is 4.48 Å². The zero-order chi connectivity index (χ0) is 15.4. The molecule has 0 aromatic carbocycles. The predicted octanol–water partition coefficient (Wildman–Crippen LogP) is 3.59. The molecule has 118 valence electrons. The summed E-state index contributed by atoms with van der Waals surface area (Å²) in [4.78, 5) is 22.6. The minimum absolute atomic E-state index is 0.0235. The number of aliphatic carboxylic acids is 1. The zero-order valence-electron chi connectivity index (χ0n) is 13.5. The number of carbonyl (C=O) groups is 2. The van der Waals surface area contributed by atoms with Crippen LogP contribution in [0.25, 0.3) is 0 Å². The van der Waals surface area contributed by atoms with Crippen molar-refractivity contribution in [2.24, 2.45) is 0 Å². The molecule has 0 aliphatic carbocycles. The SMILES string of the molecule is CCCCCCCCCCCC(=O)[N+](C)(C)CC(=O)O. The molecule has 0 radical (unpaired) electrons. The lowest BCUT2D eigenvalue weighted by atomic mass is 10.1. The number of nitrogens with zero attached hydrogens (tertiary/aromatic N) is 1. The molecule has 0 aromatic heterocycles. The van der Waals surface area contributed by atoms with Crippen LogP contribution >= 0.6 is 0 Å². The molecule has 0 saturated heterocycles. The van der Waals surface area contributed by atoms with Crippen LogP contribution in [0.5, 0.6) is 0 Å². The van der Waals surface area contributed by atoms with Gasteiger partial charge in [0.1, 0.15) is 0 Å². The molecular weight excluding hydrogens is 254 g/mol. The van der Waals surface area contributed by atoms with Crippen LogP contribution in [-0.2, 0) is 9.59 Å². The second-order valence-electron chi connectivity index (χ2n) is 6.21. The maximum atomic E-state index is 11.9. The van der Waals surface area contributed by atoms with E-state index in [0.29, 0.717) is 6.42 Å². The number of hydrogen-bond donors (Lipinski definition) is 1. The minimum Gasteiger partial charge on any atom is -0.477 e. The molecule has 1 N–H and O–H groups in total. The third-order valence-corrected chi connectivity index (χ3v) is 3.70. The van der Waals surface area contributed by atoms with Crippen LogP contribution in [0.4, 0.5) is 0 Å². The molecule has 20 heavy (non-hydrogen) atoms. The Labute approximate surface area is 123 Å². The topological polar surface area (TPSA) is 54.4 Å². The van der Waals surface area contributed by atoms with Crippen LogP contribution in [0, 0.1) is 0 Å². The first-order valence-corrected chi connectivity index (χ1v) is 7.98. The summed E-state index contributed by atoms with van der Waals surface area (Å²) in [6, 6.07) is 0. The number of likely N-dealkylation sites (N-methyl/N-ethyl adjacent to an activating group) is 1. The molecule has 0 aromatic rings. The molecule has 0 unspecified atom stereocenters.